The normalized spacial score (nSPS) is 20.7. The molecule has 0 bridgehead atoms. The molecule has 1 aliphatic rings. The zero-order chi connectivity index (χ0) is 15.6. The van der Waals surface area contributed by atoms with Crippen LogP contribution in [0.15, 0.2) is 23.4 Å². The number of oxime groups is 1. The van der Waals surface area contributed by atoms with Crippen molar-refractivity contribution < 1.29 is 23.1 Å². The van der Waals surface area contributed by atoms with Crippen LogP contribution in [0.3, 0.4) is 0 Å². The summed E-state index contributed by atoms with van der Waals surface area (Å²) in [7, 11) is 0. The Morgan fingerprint density at radius 2 is 2.19 bits per heavy atom. The van der Waals surface area contributed by atoms with Crippen LogP contribution in [0.25, 0.3) is 0 Å². The summed E-state index contributed by atoms with van der Waals surface area (Å²) in [5.41, 5.74) is 4.49. The van der Waals surface area contributed by atoms with Gasteiger partial charge in [-0.1, -0.05) is 5.16 Å². The average molecular weight is 303 g/mol. The summed E-state index contributed by atoms with van der Waals surface area (Å²) in [6, 6.07) is 3.75. The monoisotopic (exact) mass is 303 g/mol. The number of ether oxygens (including phenoxy) is 1. The number of benzene rings is 1. The van der Waals surface area contributed by atoms with Crippen molar-refractivity contribution in [1.29, 1.82) is 0 Å². The molecule has 1 aromatic carbocycles. The first-order valence-corrected chi connectivity index (χ1v) is 6.38. The summed E-state index contributed by atoms with van der Waals surface area (Å²) < 4.78 is 44.7. The fraction of sp³-hybridized carbons (Fsp3) is 0.462. The maximum atomic E-state index is 13.2. The number of anilines is 1. The molecule has 1 unspecified atom stereocenters. The van der Waals surface area contributed by atoms with E-state index in [0.29, 0.717) is 25.4 Å². The quantitative estimate of drug-likeness (QED) is 0.379. The third-order valence-electron chi connectivity index (χ3n) is 3.39. The van der Waals surface area contributed by atoms with Crippen molar-refractivity contribution in [3.8, 4) is 0 Å². The number of amidine groups is 1. The van der Waals surface area contributed by atoms with Crippen molar-refractivity contribution >= 4 is 11.5 Å². The number of alkyl halides is 3. The molecule has 1 heterocycles. The molecule has 0 amide bonds. The van der Waals surface area contributed by atoms with Gasteiger partial charge >= 0.3 is 6.18 Å². The van der Waals surface area contributed by atoms with Gasteiger partial charge in [-0.25, -0.2) is 0 Å². The van der Waals surface area contributed by atoms with Gasteiger partial charge in [0.25, 0.3) is 0 Å². The number of rotatable bonds is 2. The fourth-order valence-electron chi connectivity index (χ4n) is 2.33. The van der Waals surface area contributed by atoms with E-state index < -0.39 is 17.6 Å². The van der Waals surface area contributed by atoms with Crippen molar-refractivity contribution in [2.24, 2.45) is 10.9 Å². The summed E-state index contributed by atoms with van der Waals surface area (Å²) in [6.07, 6.45) is -4.59. The minimum Gasteiger partial charge on any atom is -0.409 e. The molecule has 3 N–H and O–H groups in total. The van der Waals surface area contributed by atoms with E-state index in [1.807, 2.05) is 11.8 Å². The smallest absolute Gasteiger partial charge is 0.409 e. The van der Waals surface area contributed by atoms with Crippen LogP contribution in [0.2, 0.25) is 0 Å². The van der Waals surface area contributed by atoms with Crippen molar-refractivity contribution in [1.82, 2.24) is 0 Å². The molecule has 0 aliphatic carbocycles. The molecule has 21 heavy (non-hydrogen) atoms. The average Bonchev–Trinajstić information content (AvgIpc) is 2.45. The minimum absolute atomic E-state index is 0.0189. The second kappa shape index (κ2) is 5.80. The molecule has 1 aliphatic heterocycles. The lowest BCUT2D eigenvalue weighted by Crippen LogP contribution is -2.43. The number of nitrogens with two attached hydrogens (primary N) is 1. The van der Waals surface area contributed by atoms with E-state index in [-0.39, 0.29) is 11.6 Å². The second-order valence-electron chi connectivity index (χ2n) is 4.83. The highest BCUT2D eigenvalue weighted by Crippen LogP contribution is 2.35. The van der Waals surface area contributed by atoms with Gasteiger partial charge in [-0.2, -0.15) is 13.2 Å². The van der Waals surface area contributed by atoms with Crippen LogP contribution >= 0.6 is 0 Å². The summed E-state index contributed by atoms with van der Waals surface area (Å²) in [5.74, 6) is -0.566. The number of morpholine rings is 1. The standard InChI is InChI=1S/C13H16F3N3O2/c1-8-7-21-5-4-19(8)9-2-3-10(12(17)18-20)11(6-9)13(14,15)16/h2-3,6,8,20H,4-5,7H2,1H3,(H2,17,18). The van der Waals surface area contributed by atoms with E-state index in [9.17, 15) is 13.2 Å². The number of nitrogens with zero attached hydrogens (tertiary/aromatic N) is 2. The summed E-state index contributed by atoms with van der Waals surface area (Å²) in [4.78, 5) is 1.84. The Balaban J connectivity index is 2.46. The molecule has 0 spiro atoms. The zero-order valence-corrected chi connectivity index (χ0v) is 11.4. The Morgan fingerprint density at radius 1 is 1.48 bits per heavy atom. The first kappa shape index (κ1) is 15.4. The number of hydrogen-bond donors (Lipinski definition) is 2. The molecule has 1 saturated heterocycles. The van der Waals surface area contributed by atoms with E-state index in [0.717, 1.165) is 6.07 Å². The number of halogens is 3. The lowest BCUT2D eigenvalue weighted by atomic mass is 10.0. The molecule has 0 radical (unpaired) electrons. The molecule has 1 atom stereocenters. The van der Waals surface area contributed by atoms with Gasteiger partial charge in [-0.05, 0) is 25.1 Å². The van der Waals surface area contributed by atoms with Gasteiger partial charge < -0.3 is 20.6 Å². The van der Waals surface area contributed by atoms with Crippen LogP contribution in [-0.2, 0) is 10.9 Å². The zero-order valence-electron chi connectivity index (χ0n) is 11.4. The summed E-state index contributed by atoms with van der Waals surface area (Å²) in [5, 5.41) is 11.3. The molecule has 116 valence electrons. The van der Waals surface area contributed by atoms with E-state index in [2.05, 4.69) is 5.16 Å². The molecular formula is C13H16F3N3O2. The first-order chi connectivity index (χ1) is 9.84. The molecule has 1 fully saturated rings. The first-order valence-electron chi connectivity index (χ1n) is 6.38. The molecule has 1 aromatic rings. The predicted octanol–water partition coefficient (Wildman–Crippen LogP) is 2.03. The lowest BCUT2D eigenvalue weighted by molar-refractivity contribution is -0.137. The summed E-state index contributed by atoms with van der Waals surface area (Å²) in [6.45, 7) is 3.32. The number of hydrogen-bond acceptors (Lipinski definition) is 4. The molecule has 8 heteroatoms. The molecule has 0 saturated carbocycles. The Bertz CT molecular complexity index is 546. The van der Waals surface area contributed by atoms with Crippen LogP contribution in [0, 0.1) is 0 Å². The van der Waals surface area contributed by atoms with Crippen LogP contribution in [0.4, 0.5) is 18.9 Å². The Morgan fingerprint density at radius 3 is 2.76 bits per heavy atom. The molecule has 2 rings (SSSR count). The van der Waals surface area contributed by atoms with Crippen LogP contribution < -0.4 is 10.6 Å². The van der Waals surface area contributed by atoms with Gasteiger partial charge in [0, 0.05) is 23.8 Å². The predicted molar refractivity (Wildman–Crippen MR) is 71.6 cm³/mol. The van der Waals surface area contributed by atoms with Crippen LogP contribution in [0.1, 0.15) is 18.1 Å². The highest BCUT2D eigenvalue weighted by Gasteiger charge is 2.35. The Kier molecular flexibility index (Phi) is 4.26. The fourth-order valence-corrected chi connectivity index (χ4v) is 2.33. The molecular weight excluding hydrogens is 287 g/mol. The van der Waals surface area contributed by atoms with E-state index in [1.54, 1.807) is 0 Å². The van der Waals surface area contributed by atoms with Gasteiger partial charge in [0.05, 0.1) is 18.8 Å². The van der Waals surface area contributed by atoms with Gasteiger partial charge in [0.15, 0.2) is 5.84 Å². The Labute approximate surface area is 119 Å². The van der Waals surface area contributed by atoms with Crippen LogP contribution in [0.5, 0.6) is 0 Å². The van der Waals surface area contributed by atoms with Gasteiger partial charge in [-0.15, -0.1) is 0 Å². The van der Waals surface area contributed by atoms with Crippen molar-refractivity contribution in [2.45, 2.75) is 19.1 Å². The van der Waals surface area contributed by atoms with Crippen LogP contribution in [-0.4, -0.2) is 36.8 Å². The SMILES string of the molecule is CC1COCCN1c1ccc(/C(N)=N/O)c(C(F)(F)F)c1. The van der Waals surface area contributed by atoms with E-state index in [1.165, 1.54) is 12.1 Å². The van der Waals surface area contributed by atoms with Crippen molar-refractivity contribution in [3.05, 3.63) is 29.3 Å². The maximum absolute atomic E-state index is 13.2. The highest BCUT2D eigenvalue weighted by atomic mass is 19.4. The largest absolute Gasteiger partial charge is 0.417 e. The Hall–Kier alpha value is -1.96. The third kappa shape index (κ3) is 3.21. The topological polar surface area (TPSA) is 71.1 Å². The molecule has 0 aromatic heterocycles. The lowest BCUT2D eigenvalue weighted by Gasteiger charge is -2.35. The molecule has 5 nitrogen and oxygen atoms in total. The highest BCUT2D eigenvalue weighted by molar-refractivity contribution is 5.99. The summed E-state index contributed by atoms with van der Waals surface area (Å²) >= 11 is 0. The van der Waals surface area contributed by atoms with E-state index >= 15 is 0 Å². The van der Waals surface area contributed by atoms with Crippen molar-refractivity contribution in [2.75, 3.05) is 24.7 Å². The van der Waals surface area contributed by atoms with Gasteiger partial charge in [0.2, 0.25) is 0 Å². The second-order valence-corrected chi connectivity index (χ2v) is 4.83. The van der Waals surface area contributed by atoms with Gasteiger partial charge in [-0.3, -0.25) is 0 Å². The minimum atomic E-state index is -4.59. The van der Waals surface area contributed by atoms with Crippen molar-refractivity contribution in [3.63, 3.8) is 0 Å². The van der Waals surface area contributed by atoms with Gasteiger partial charge in [0.1, 0.15) is 0 Å². The maximum Gasteiger partial charge on any atom is 0.417 e. The van der Waals surface area contributed by atoms with E-state index in [4.69, 9.17) is 15.7 Å². The third-order valence-corrected chi connectivity index (χ3v) is 3.39.